The number of aromatic nitrogens is 2. The number of aromatic amines is 1. The van der Waals surface area contributed by atoms with Crippen molar-refractivity contribution in [2.24, 2.45) is 0 Å². The van der Waals surface area contributed by atoms with Crippen molar-refractivity contribution in [3.63, 3.8) is 0 Å². The van der Waals surface area contributed by atoms with Gasteiger partial charge in [0.15, 0.2) is 0 Å². The van der Waals surface area contributed by atoms with Gasteiger partial charge >= 0.3 is 0 Å². The minimum Gasteiger partial charge on any atom is -0.247 e. The summed E-state index contributed by atoms with van der Waals surface area (Å²) in [6.07, 6.45) is 60.6. The van der Waals surface area contributed by atoms with Gasteiger partial charge in [0.25, 0.3) is 5.82 Å². The number of nitrogens with zero attached hydrogens (tertiary/aromatic N) is 1. The maximum absolute atomic E-state index is 3.77. The van der Waals surface area contributed by atoms with Gasteiger partial charge in [-0.25, -0.2) is 9.55 Å². The van der Waals surface area contributed by atoms with Crippen molar-refractivity contribution in [2.75, 3.05) is 0 Å². The molecule has 0 bridgehead atoms. The fourth-order valence-electron chi connectivity index (χ4n) is 8.37. The summed E-state index contributed by atoms with van der Waals surface area (Å²) in [5.74, 6) is 2.25. The Morgan fingerprint density at radius 1 is 0.380 bits per heavy atom. The van der Waals surface area contributed by atoms with E-state index in [1.54, 1.807) is 5.82 Å². The molecule has 2 heteroatoms. The first kappa shape index (κ1) is 47.2. The van der Waals surface area contributed by atoms with Crippen LogP contribution in [0.5, 0.6) is 0 Å². The van der Waals surface area contributed by atoms with Crippen LogP contribution >= 0.6 is 0 Å². The molecule has 1 heterocycles. The summed E-state index contributed by atoms with van der Waals surface area (Å²) in [6.45, 7) is 9.43. The summed E-state index contributed by atoms with van der Waals surface area (Å²) in [4.78, 5) is 3.77. The van der Waals surface area contributed by atoms with Crippen LogP contribution < -0.4 is 4.57 Å². The normalized spacial score (nSPS) is 13.0. The Hall–Kier alpha value is -0.790. The molecule has 0 saturated heterocycles. The summed E-state index contributed by atoms with van der Waals surface area (Å²) < 4.78 is 2.65. The van der Waals surface area contributed by atoms with Crippen LogP contribution in [-0.2, 0) is 0 Å². The van der Waals surface area contributed by atoms with Crippen LogP contribution in [0.25, 0.3) is 0 Å². The van der Waals surface area contributed by atoms with Crippen LogP contribution in [0.2, 0.25) is 0 Å². The smallest absolute Gasteiger partial charge is 0.247 e. The molecule has 0 saturated carbocycles. The van der Waals surface area contributed by atoms with E-state index in [0.717, 1.165) is 0 Å². The molecule has 1 aromatic rings. The van der Waals surface area contributed by atoms with Crippen LogP contribution in [0.3, 0.4) is 0 Å². The third-order valence-electron chi connectivity index (χ3n) is 11.9. The Morgan fingerprint density at radius 3 is 0.940 bits per heavy atom. The second-order valence-corrected chi connectivity index (χ2v) is 16.8. The third-order valence-corrected chi connectivity index (χ3v) is 11.9. The maximum Gasteiger partial charge on any atom is 0.257 e. The van der Waals surface area contributed by atoms with Crippen LogP contribution in [-0.4, -0.2) is 4.98 Å². The first-order chi connectivity index (χ1) is 24.7. The molecule has 0 aliphatic heterocycles. The largest absolute Gasteiger partial charge is 0.257 e. The van der Waals surface area contributed by atoms with Gasteiger partial charge in [0.05, 0.1) is 12.0 Å². The Balaban J connectivity index is 2.33. The van der Waals surface area contributed by atoms with E-state index >= 15 is 0 Å². The SMILES string of the molecule is CCCCCCCCCCCCCCCCCCCC(CCCCCCCCCCCCCC)c1[nH]cc[n+]1C(C)CCCCCCCCC. The number of hydrogen-bond acceptors (Lipinski definition) is 0. The van der Waals surface area contributed by atoms with E-state index in [1.807, 2.05) is 0 Å². The summed E-state index contributed by atoms with van der Waals surface area (Å²) in [5, 5.41) is 0. The van der Waals surface area contributed by atoms with E-state index in [-0.39, 0.29) is 0 Å². The highest BCUT2D eigenvalue weighted by Crippen LogP contribution is 2.28. The van der Waals surface area contributed by atoms with Crippen LogP contribution in [0.4, 0.5) is 0 Å². The molecule has 0 amide bonds. The average molecular weight is 700 g/mol. The predicted molar refractivity (Wildman–Crippen MR) is 226 cm³/mol. The lowest BCUT2D eigenvalue weighted by Gasteiger charge is -2.17. The average Bonchev–Trinajstić information content (AvgIpc) is 3.62. The summed E-state index contributed by atoms with van der Waals surface area (Å²) in [6, 6.07) is 0.618. The quantitative estimate of drug-likeness (QED) is 0.0518. The van der Waals surface area contributed by atoms with Gasteiger partial charge in [-0.2, -0.15) is 0 Å². The van der Waals surface area contributed by atoms with Crippen LogP contribution in [0.15, 0.2) is 12.4 Å². The minimum absolute atomic E-state index is 0.618. The van der Waals surface area contributed by atoms with Gasteiger partial charge in [-0.1, -0.05) is 245 Å². The molecule has 50 heavy (non-hydrogen) atoms. The highest BCUT2D eigenvalue weighted by molar-refractivity contribution is 4.90. The second-order valence-electron chi connectivity index (χ2n) is 16.8. The van der Waals surface area contributed by atoms with Gasteiger partial charge in [0.2, 0.25) is 0 Å². The van der Waals surface area contributed by atoms with E-state index in [0.29, 0.717) is 12.0 Å². The molecule has 0 fully saturated rings. The van der Waals surface area contributed by atoms with E-state index in [1.165, 1.54) is 250 Å². The zero-order valence-electron chi connectivity index (χ0n) is 35.3. The standard InChI is InChI=1S/C48H94N2/c1-5-8-11-14-17-19-21-23-24-25-26-27-29-31-34-37-40-43-47(42-39-36-33-30-28-22-20-18-15-12-9-6-2)48-49-44-45-50(48)46(4)41-38-35-32-16-13-10-7-3/h44-47H,5-43H2,1-4H3/p+1. The lowest BCUT2D eigenvalue weighted by Crippen LogP contribution is -2.41. The monoisotopic (exact) mass is 700 g/mol. The number of unbranched alkanes of at least 4 members (excludes halogenated alkanes) is 33. The zero-order valence-corrected chi connectivity index (χ0v) is 35.3. The van der Waals surface area contributed by atoms with Crippen LogP contribution in [0, 0.1) is 0 Å². The molecule has 2 unspecified atom stereocenters. The summed E-state index contributed by atoms with van der Waals surface area (Å²) >= 11 is 0. The van der Waals surface area contributed by atoms with Crippen molar-refractivity contribution in [2.45, 2.75) is 290 Å². The zero-order chi connectivity index (χ0) is 36.0. The fourth-order valence-corrected chi connectivity index (χ4v) is 8.37. The molecule has 2 atom stereocenters. The number of imidazole rings is 1. The van der Waals surface area contributed by atoms with Crippen molar-refractivity contribution in [3.8, 4) is 0 Å². The van der Waals surface area contributed by atoms with Crippen molar-refractivity contribution < 1.29 is 4.57 Å². The minimum atomic E-state index is 0.618. The highest BCUT2D eigenvalue weighted by Gasteiger charge is 2.25. The molecule has 296 valence electrons. The Kier molecular flexibility index (Phi) is 35.8. The number of hydrogen-bond donors (Lipinski definition) is 1. The molecule has 2 nitrogen and oxygen atoms in total. The third kappa shape index (κ3) is 28.8. The molecular formula is C48H95N2+. The van der Waals surface area contributed by atoms with Crippen molar-refractivity contribution in [3.05, 3.63) is 18.2 Å². The van der Waals surface area contributed by atoms with Gasteiger partial charge in [0, 0.05) is 0 Å². The maximum atomic E-state index is 3.77. The first-order valence-corrected chi connectivity index (χ1v) is 23.8. The molecule has 0 aliphatic rings. The second kappa shape index (κ2) is 38.0. The summed E-state index contributed by atoms with van der Waals surface area (Å²) in [5.41, 5.74) is 0. The highest BCUT2D eigenvalue weighted by atomic mass is 15.1. The topological polar surface area (TPSA) is 19.7 Å². The first-order valence-electron chi connectivity index (χ1n) is 23.8. The van der Waals surface area contributed by atoms with Gasteiger partial charge in [-0.15, -0.1) is 0 Å². The van der Waals surface area contributed by atoms with Gasteiger partial charge in [0.1, 0.15) is 12.4 Å². The van der Waals surface area contributed by atoms with Gasteiger partial charge in [-0.3, -0.25) is 0 Å². The Labute approximate surface area is 316 Å². The van der Waals surface area contributed by atoms with Crippen molar-refractivity contribution >= 4 is 0 Å². The summed E-state index contributed by atoms with van der Waals surface area (Å²) in [7, 11) is 0. The van der Waals surface area contributed by atoms with Crippen LogP contribution in [0.1, 0.15) is 296 Å². The Morgan fingerprint density at radius 2 is 0.640 bits per heavy atom. The van der Waals surface area contributed by atoms with E-state index < -0.39 is 0 Å². The molecule has 0 radical (unpaired) electrons. The molecule has 1 aromatic heterocycles. The predicted octanol–water partition coefficient (Wildman–Crippen LogP) is 17.2. The molecule has 1 N–H and O–H groups in total. The Bertz CT molecular complexity index is 768. The molecule has 0 aromatic carbocycles. The fraction of sp³-hybridized carbons (Fsp3) is 0.938. The lowest BCUT2D eigenvalue weighted by atomic mass is 9.92. The van der Waals surface area contributed by atoms with E-state index in [2.05, 4.69) is 49.6 Å². The van der Waals surface area contributed by atoms with E-state index in [9.17, 15) is 0 Å². The van der Waals surface area contributed by atoms with E-state index in [4.69, 9.17) is 0 Å². The van der Waals surface area contributed by atoms with Crippen molar-refractivity contribution in [1.82, 2.24) is 4.98 Å². The number of nitrogens with one attached hydrogen (secondary N) is 1. The number of rotatable bonds is 41. The lowest BCUT2D eigenvalue weighted by molar-refractivity contribution is -0.727. The molecule has 0 spiro atoms. The molecular weight excluding hydrogens is 605 g/mol. The van der Waals surface area contributed by atoms with Gasteiger partial charge < -0.3 is 0 Å². The van der Waals surface area contributed by atoms with Crippen molar-refractivity contribution in [1.29, 1.82) is 0 Å². The van der Waals surface area contributed by atoms with Gasteiger partial charge in [-0.05, 0) is 32.6 Å². The molecule has 0 aliphatic carbocycles. The molecule has 1 rings (SSSR count). The number of H-pyrrole nitrogens is 1.